The molecule has 1 atom stereocenters. The van der Waals surface area contributed by atoms with Gasteiger partial charge >= 0.3 is 5.97 Å². The van der Waals surface area contributed by atoms with Gasteiger partial charge in [0, 0.05) is 11.1 Å². The van der Waals surface area contributed by atoms with E-state index in [1.54, 1.807) is 56.3 Å². The lowest BCUT2D eigenvalue weighted by Gasteiger charge is -2.13. The number of halogens is 1. The van der Waals surface area contributed by atoms with E-state index >= 15 is 0 Å². The zero-order valence-electron chi connectivity index (χ0n) is 14.3. The Balaban J connectivity index is 1.79. The molecule has 0 aliphatic carbocycles. The van der Waals surface area contributed by atoms with Crippen molar-refractivity contribution in [2.75, 3.05) is 6.61 Å². The molecule has 0 fully saturated rings. The summed E-state index contributed by atoms with van der Waals surface area (Å²) in [6, 6.07) is 11.9. The van der Waals surface area contributed by atoms with Crippen molar-refractivity contribution in [3.63, 3.8) is 0 Å². The second-order valence-corrected chi connectivity index (χ2v) is 6.10. The Labute approximate surface area is 156 Å². The highest BCUT2D eigenvalue weighted by molar-refractivity contribution is 6.30. The molecule has 1 heterocycles. The molecule has 0 amide bonds. The van der Waals surface area contributed by atoms with Crippen LogP contribution in [0.25, 0.3) is 6.08 Å². The van der Waals surface area contributed by atoms with Crippen LogP contribution in [0.5, 0.6) is 11.5 Å². The molecule has 1 unspecified atom stereocenters. The first-order valence-corrected chi connectivity index (χ1v) is 8.53. The number of esters is 1. The smallest absolute Gasteiger partial charge is 0.347 e. The topological polar surface area (TPSA) is 61.8 Å². The molecule has 0 saturated heterocycles. The van der Waals surface area contributed by atoms with Crippen LogP contribution in [0.2, 0.25) is 5.02 Å². The third-order valence-corrected chi connectivity index (χ3v) is 3.95. The van der Waals surface area contributed by atoms with Gasteiger partial charge in [-0.05, 0) is 49.8 Å². The number of fused-ring (bicyclic) bond motifs is 1. The third kappa shape index (κ3) is 3.89. The highest BCUT2D eigenvalue weighted by Gasteiger charge is 2.28. The molecule has 0 saturated carbocycles. The summed E-state index contributed by atoms with van der Waals surface area (Å²) in [6.45, 7) is 3.61. The summed E-state index contributed by atoms with van der Waals surface area (Å²) in [7, 11) is 0. The second kappa shape index (κ2) is 7.62. The molecule has 0 N–H and O–H groups in total. The first-order chi connectivity index (χ1) is 12.5. The van der Waals surface area contributed by atoms with Gasteiger partial charge in [0.1, 0.15) is 11.5 Å². The second-order valence-electron chi connectivity index (χ2n) is 5.66. The molecule has 134 valence electrons. The molecule has 0 aromatic heterocycles. The minimum absolute atomic E-state index is 0.206. The predicted octanol–water partition coefficient (Wildman–Crippen LogP) is 4.29. The van der Waals surface area contributed by atoms with Gasteiger partial charge in [-0.3, -0.25) is 4.79 Å². The van der Waals surface area contributed by atoms with Crippen molar-refractivity contribution < 1.29 is 23.8 Å². The number of hydrogen-bond acceptors (Lipinski definition) is 5. The molecule has 2 aromatic rings. The minimum atomic E-state index is -0.758. The van der Waals surface area contributed by atoms with Crippen LogP contribution in [0.1, 0.15) is 29.8 Å². The average molecular weight is 373 g/mol. The number of ketones is 1. The van der Waals surface area contributed by atoms with Gasteiger partial charge in [0.2, 0.25) is 5.78 Å². The predicted molar refractivity (Wildman–Crippen MR) is 97.6 cm³/mol. The van der Waals surface area contributed by atoms with E-state index in [0.29, 0.717) is 22.1 Å². The van der Waals surface area contributed by atoms with Crippen LogP contribution in [-0.4, -0.2) is 24.5 Å². The molecule has 1 aliphatic heterocycles. The molecule has 26 heavy (non-hydrogen) atoms. The third-order valence-electron chi connectivity index (χ3n) is 3.72. The van der Waals surface area contributed by atoms with Gasteiger partial charge in [-0.15, -0.1) is 0 Å². The van der Waals surface area contributed by atoms with E-state index in [-0.39, 0.29) is 18.1 Å². The van der Waals surface area contributed by atoms with Gasteiger partial charge in [-0.25, -0.2) is 4.79 Å². The molecule has 2 aromatic carbocycles. The highest BCUT2D eigenvalue weighted by Crippen LogP contribution is 2.35. The fraction of sp³-hybridized carbons (Fsp3) is 0.200. The Morgan fingerprint density at radius 3 is 2.81 bits per heavy atom. The lowest BCUT2D eigenvalue weighted by molar-refractivity contribution is -0.150. The van der Waals surface area contributed by atoms with Crippen molar-refractivity contribution in [1.82, 2.24) is 0 Å². The van der Waals surface area contributed by atoms with Gasteiger partial charge in [-0.2, -0.15) is 0 Å². The normalized spacial score (nSPS) is 15.3. The molecular weight excluding hydrogens is 356 g/mol. The van der Waals surface area contributed by atoms with Gasteiger partial charge in [0.25, 0.3) is 0 Å². The van der Waals surface area contributed by atoms with E-state index in [2.05, 4.69) is 0 Å². The van der Waals surface area contributed by atoms with Gasteiger partial charge < -0.3 is 14.2 Å². The monoisotopic (exact) mass is 372 g/mol. The number of rotatable bonds is 5. The molecule has 0 spiro atoms. The van der Waals surface area contributed by atoms with Crippen LogP contribution in [-0.2, 0) is 9.53 Å². The maximum absolute atomic E-state index is 12.5. The summed E-state index contributed by atoms with van der Waals surface area (Å²) in [4.78, 5) is 24.1. The summed E-state index contributed by atoms with van der Waals surface area (Å²) in [5.74, 6) is 0.340. The number of carbonyl (C=O) groups excluding carboxylic acids is 2. The molecule has 5 nitrogen and oxygen atoms in total. The van der Waals surface area contributed by atoms with Crippen LogP contribution in [0.3, 0.4) is 0 Å². The van der Waals surface area contributed by atoms with Crippen molar-refractivity contribution in [3.8, 4) is 11.5 Å². The Bertz CT molecular complexity index is 888. The van der Waals surface area contributed by atoms with E-state index in [4.69, 9.17) is 25.8 Å². The lowest BCUT2D eigenvalue weighted by Crippen LogP contribution is -2.26. The standard InChI is InChI=1S/C20H17ClO5/c1-3-24-20(23)12(2)25-15-7-8-16-17(11-15)26-18(19(16)22)10-13-5-4-6-14(21)9-13/h4-12H,3H2,1-2H3/b18-10-. The van der Waals surface area contributed by atoms with Gasteiger partial charge in [0.15, 0.2) is 11.9 Å². The first-order valence-electron chi connectivity index (χ1n) is 8.15. The Morgan fingerprint density at radius 1 is 1.27 bits per heavy atom. The van der Waals surface area contributed by atoms with Crippen molar-refractivity contribution in [2.45, 2.75) is 20.0 Å². The van der Waals surface area contributed by atoms with Crippen LogP contribution < -0.4 is 9.47 Å². The maximum Gasteiger partial charge on any atom is 0.347 e. The van der Waals surface area contributed by atoms with Crippen molar-refractivity contribution in [3.05, 3.63) is 64.4 Å². The van der Waals surface area contributed by atoms with Gasteiger partial charge in [-0.1, -0.05) is 23.7 Å². The largest absolute Gasteiger partial charge is 0.479 e. The molecular formula is C20H17ClO5. The van der Waals surface area contributed by atoms with E-state index in [1.165, 1.54) is 0 Å². The molecule has 0 radical (unpaired) electrons. The van der Waals surface area contributed by atoms with E-state index in [9.17, 15) is 9.59 Å². The Hall–Kier alpha value is -2.79. The van der Waals surface area contributed by atoms with Crippen molar-refractivity contribution in [2.24, 2.45) is 0 Å². The van der Waals surface area contributed by atoms with E-state index in [0.717, 1.165) is 5.56 Å². The molecule has 3 rings (SSSR count). The number of Topliss-reactive ketones (excluding diaryl/α,β-unsaturated/α-hetero) is 1. The van der Waals surface area contributed by atoms with Crippen LogP contribution in [0.4, 0.5) is 0 Å². The zero-order chi connectivity index (χ0) is 18.7. The number of benzene rings is 2. The van der Waals surface area contributed by atoms with Gasteiger partial charge in [0.05, 0.1) is 12.2 Å². The van der Waals surface area contributed by atoms with E-state index in [1.807, 2.05) is 6.07 Å². The summed E-state index contributed by atoms with van der Waals surface area (Å²) < 4.78 is 16.1. The van der Waals surface area contributed by atoms with Crippen molar-refractivity contribution in [1.29, 1.82) is 0 Å². The summed E-state index contributed by atoms with van der Waals surface area (Å²) in [5.41, 5.74) is 1.20. The lowest BCUT2D eigenvalue weighted by atomic mass is 10.1. The molecule has 1 aliphatic rings. The van der Waals surface area contributed by atoms with Crippen LogP contribution in [0, 0.1) is 0 Å². The quantitative estimate of drug-likeness (QED) is 0.579. The molecule has 6 heteroatoms. The molecule has 0 bridgehead atoms. The number of hydrogen-bond donors (Lipinski definition) is 0. The fourth-order valence-electron chi connectivity index (χ4n) is 2.50. The average Bonchev–Trinajstić information content (AvgIpc) is 2.90. The maximum atomic E-state index is 12.5. The fourth-order valence-corrected chi connectivity index (χ4v) is 2.70. The Kier molecular flexibility index (Phi) is 5.28. The SMILES string of the molecule is CCOC(=O)C(C)Oc1ccc2c(c1)O/C(=C\c1cccc(Cl)c1)C2=O. The van der Waals surface area contributed by atoms with Crippen LogP contribution in [0.15, 0.2) is 48.2 Å². The summed E-state index contributed by atoms with van der Waals surface area (Å²) in [5, 5.41) is 0.575. The number of allylic oxidation sites excluding steroid dienone is 1. The van der Waals surface area contributed by atoms with Crippen LogP contribution >= 0.6 is 11.6 Å². The summed E-state index contributed by atoms with van der Waals surface area (Å²) >= 11 is 5.96. The first kappa shape index (κ1) is 18.0. The highest BCUT2D eigenvalue weighted by atomic mass is 35.5. The number of carbonyl (C=O) groups is 2. The van der Waals surface area contributed by atoms with E-state index < -0.39 is 12.1 Å². The Morgan fingerprint density at radius 2 is 2.08 bits per heavy atom. The number of ether oxygens (including phenoxy) is 3. The zero-order valence-corrected chi connectivity index (χ0v) is 15.1. The summed E-state index contributed by atoms with van der Waals surface area (Å²) in [6.07, 6.45) is 0.877. The minimum Gasteiger partial charge on any atom is -0.479 e. The van der Waals surface area contributed by atoms with Crippen molar-refractivity contribution >= 4 is 29.4 Å².